The van der Waals surface area contributed by atoms with E-state index in [9.17, 15) is 4.79 Å². The lowest BCUT2D eigenvalue weighted by atomic mass is 10.3. The summed E-state index contributed by atoms with van der Waals surface area (Å²) >= 11 is 3.34. The second-order valence-electron chi connectivity index (χ2n) is 3.60. The van der Waals surface area contributed by atoms with Crippen LogP contribution in [0.15, 0.2) is 28.7 Å². The molecule has 1 aromatic rings. The quantitative estimate of drug-likeness (QED) is 0.786. The zero-order valence-corrected chi connectivity index (χ0v) is 12.2. The summed E-state index contributed by atoms with van der Waals surface area (Å²) in [4.78, 5) is 11.8. The first-order valence-electron chi connectivity index (χ1n) is 5.94. The van der Waals surface area contributed by atoms with E-state index in [4.69, 9.17) is 9.47 Å². The molecule has 0 saturated heterocycles. The molecule has 4 nitrogen and oxygen atoms in total. The van der Waals surface area contributed by atoms with Crippen LogP contribution in [0.25, 0.3) is 0 Å². The van der Waals surface area contributed by atoms with Gasteiger partial charge in [0.05, 0.1) is 6.42 Å². The van der Waals surface area contributed by atoms with E-state index in [1.165, 1.54) is 0 Å². The number of halogens is 1. The molecule has 0 bridgehead atoms. The summed E-state index contributed by atoms with van der Waals surface area (Å²) in [6, 6.07) is 7.41. The summed E-state index contributed by atoms with van der Waals surface area (Å²) in [5, 5.41) is 2.80. The Labute approximate surface area is 116 Å². The standard InChI is InChI=1S/C13H18BrNO3/c1-3-17-13(18-4-2)9-12(16)15-11-7-5-10(14)6-8-11/h5-8,13H,3-4,9H2,1-2H3,(H,15,16). The van der Waals surface area contributed by atoms with Crippen molar-refractivity contribution >= 4 is 27.5 Å². The maximum absolute atomic E-state index is 11.8. The fourth-order valence-electron chi connectivity index (χ4n) is 1.43. The number of benzene rings is 1. The van der Waals surface area contributed by atoms with Crippen molar-refractivity contribution in [3.8, 4) is 0 Å². The van der Waals surface area contributed by atoms with Crippen LogP contribution < -0.4 is 5.32 Å². The largest absolute Gasteiger partial charge is 0.352 e. The predicted molar refractivity (Wildman–Crippen MR) is 74.4 cm³/mol. The molecule has 1 amide bonds. The van der Waals surface area contributed by atoms with E-state index in [0.717, 1.165) is 10.2 Å². The number of hydrogen-bond acceptors (Lipinski definition) is 3. The molecule has 0 saturated carbocycles. The first-order chi connectivity index (χ1) is 8.65. The second kappa shape index (κ2) is 8.24. The van der Waals surface area contributed by atoms with Gasteiger partial charge in [-0.2, -0.15) is 0 Å². The summed E-state index contributed by atoms with van der Waals surface area (Å²) in [6.07, 6.45) is -0.284. The van der Waals surface area contributed by atoms with Crippen molar-refractivity contribution < 1.29 is 14.3 Å². The molecule has 0 spiro atoms. The predicted octanol–water partition coefficient (Wildman–Crippen LogP) is 3.18. The molecule has 0 aliphatic heterocycles. The van der Waals surface area contributed by atoms with Crippen molar-refractivity contribution in [3.05, 3.63) is 28.7 Å². The molecule has 0 heterocycles. The van der Waals surface area contributed by atoms with Gasteiger partial charge in [-0.3, -0.25) is 4.79 Å². The molecule has 5 heteroatoms. The number of ether oxygens (including phenoxy) is 2. The minimum Gasteiger partial charge on any atom is -0.352 e. The van der Waals surface area contributed by atoms with Gasteiger partial charge in [-0.25, -0.2) is 0 Å². The number of nitrogens with one attached hydrogen (secondary N) is 1. The minimum atomic E-state index is -0.476. The van der Waals surface area contributed by atoms with E-state index >= 15 is 0 Å². The van der Waals surface area contributed by atoms with Crippen molar-refractivity contribution in [1.82, 2.24) is 0 Å². The van der Waals surface area contributed by atoms with Gasteiger partial charge in [-0.1, -0.05) is 15.9 Å². The Balaban J connectivity index is 2.46. The number of amides is 1. The van der Waals surface area contributed by atoms with Gasteiger partial charge in [0.1, 0.15) is 0 Å². The Morgan fingerprint density at radius 1 is 1.22 bits per heavy atom. The molecule has 0 atom stereocenters. The molecule has 0 fully saturated rings. The van der Waals surface area contributed by atoms with Crippen molar-refractivity contribution in [2.24, 2.45) is 0 Å². The third-order valence-corrected chi connectivity index (χ3v) is 2.71. The number of anilines is 1. The zero-order valence-electron chi connectivity index (χ0n) is 10.6. The van der Waals surface area contributed by atoms with E-state index in [1.54, 1.807) is 0 Å². The van der Waals surface area contributed by atoms with Gasteiger partial charge in [0.2, 0.25) is 5.91 Å². The van der Waals surface area contributed by atoms with Gasteiger partial charge < -0.3 is 14.8 Å². The minimum absolute atomic E-state index is 0.121. The molecular weight excluding hydrogens is 298 g/mol. The number of carbonyl (C=O) groups excluding carboxylic acids is 1. The Bertz CT molecular complexity index is 361. The van der Waals surface area contributed by atoms with Crippen molar-refractivity contribution in [3.63, 3.8) is 0 Å². The van der Waals surface area contributed by atoms with Crippen molar-refractivity contribution in [2.75, 3.05) is 18.5 Å². The second-order valence-corrected chi connectivity index (χ2v) is 4.52. The van der Waals surface area contributed by atoms with Crippen LogP contribution in [0.1, 0.15) is 20.3 Å². The molecule has 1 aromatic carbocycles. The zero-order chi connectivity index (χ0) is 13.4. The third kappa shape index (κ3) is 5.62. The molecule has 1 rings (SSSR count). The fraction of sp³-hybridized carbons (Fsp3) is 0.462. The first-order valence-corrected chi connectivity index (χ1v) is 6.73. The number of rotatable bonds is 7. The van der Waals surface area contributed by atoms with Crippen LogP contribution in [0, 0.1) is 0 Å². The van der Waals surface area contributed by atoms with Gasteiger partial charge in [-0.05, 0) is 38.1 Å². The molecule has 0 unspecified atom stereocenters. The number of carbonyl (C=O) groups is 1. The summed E-state index contributed by atoms with van der Waals surface area (Å²) in [5.41, 5.74) is 0.759. The average Bonchev–Trinajstić information content (AvgIpc) is 2.33. The highest BCUT2D eigenvalue weighted by molar-refractivity contribution is 9.10. The van der Waals surface area contributed by atoms with Crippen LogP contribution in [0.5, 0.6) is 0 Å². The topological polar surface area (TPSA) is 47.6 Å². The lowest BCUT2D eigenvalue weighted by Gasteiger charge is -2.16. The van der Waals surface area contributed by atoms with Crippen LogP contribution in [0.2, 0.25) is 0 Å². The van der Waals surface area contributed by atoms with Crippen LogP contribution in [-0.2, 0) is 14.3 Å². The maximum Gasteiger partial charge on any atom is 0.229 e. The first kappa shape index (κ1) is 15.1. The Morgan fingerprint density at radius 2 is 1.78 bits per heavy atom. The lowest BCUT2D eigenvalue weighted by Crippen LogP contribution is -2.25. The van der Waals surface area contributed by atoms with Crippen LogP contribution in [0.3, 0.4) is 0 Å². The highest BCUT2D eigenvalue weighted by atomic mass is 79.9. The van der Waals surface area contributed by atoms with Gasteiger partial charge in [0.15, 0.2) is 6.29 Å². The Kier molecular flexibility index (Phi) is 6.93. The monoisotopic (exact) mass is 315 g/mol. The highest BCUT2D eigenvalue weighted by Crippen LogP contribution is 2.14. The Morgan fingerprint density at radius 3 is 2.28 bits per heavy atom. The van der Waals surface area contributed by atoms with Crippen LogP contribution in [-0.4, -0.2) is 25.4 Å². The maximum atomic E-state index is 11.8. The molecule has 100 valence electrons. The molecule has 0 aliphatic rings. The van der Waals surface area contributed by atoms with Gasteiger partial charge >= 0.3 is 0 Å². The molecule has 1 N–H and O–H groups in total. The molecule has 0 radical (unpaired) electrons. The lowest BCUT2D eigenvalue weighted by molar-refractivity contribution is -0.150. The number of hydrogen-bond donors (Lipinski definition) is 1. The normalized spacial score (nSPS) is 10.7. The van der Waals surface area contributed by atoms with Crippen LogP contribution >= 0.6 is 15.9 Å². The SMILES string of the molecule is CCOC(CC(=O)Nc1ccc(Br)cc1)OCC. The van der Waals surface area contributed by atoms with E-state index in [2.05, 4.69) is 21.2 Å². The van der Waals surface area contributed by atoms with Crippen LogP contribution in [0.4, 0.5) is 5.69 Å². The van der Waals surface area contributed by atoms with Gasteiger partial charge in [0, 0.05) is 23.4 Å². The van der Waals surface area contributed by atoms with Gasteiger partial charge in [0.25, 0.3) is 0 Å². The average molecular weight is 316 g/mol. The Hall–Kier alpha value is -0.910. The molecule has 0 aliphatic carbocycles. The summed E-state index contributed by atoms with van der Waals surface area (Å²) in [7, 11) is 0. The van der Waals surface area contributed by atoms with E-state index < -0.39 is 6.29 Å². The van der Waals surface area contributed by atoms with Crippen molar-refractivity contribution in [2.45, 2.75) is 26.6 Å². The molecule has 0 aromatic heterocycles. The highest BCUT2D eigenvalue weighted by Gasteiger charge is 2.13. The molecular formula is C13H18BrNO3. The molecule has 18 heavy (non-hydrogen) atoms. The third-order valence-electron chi connectivity index (χ3n) is 2.19. The summed E-state index contributed by atoms with van der Waals surface area (Å²) in [5.74, 6) is -0.121. The summed E-state index contributed by atoms with van der Waals surface area (Å²) in [6.45, 7) is 4.80. The van der Waals surface area contributed by atoms with E-state index in [0.29, 0.717) is 13.2 Å². The van der Waals surface area contributed by atoms with Crippen molar-refractivity contribution in [1.29, 1.82) is 0 Å². The fourth-order valence-corrected chi connectivity index (χ4v) is 1.70. The van der Waals surface area contributed by atoms with E-state index in [1.807, 2.05) is 38.1 Å². The smallest absolute Gasteiger partial charge is 0.229 e. The summed E-state index contributed by atoms with van der Waals surface area (Å²) < 4.78 is 11.6. The van der Waals surface area contributed by atoms with Gasteiger partial charge in [-0.15, -0.1) is 0 Å². The van der Waals surface area contributed by atoms with E-state index in [-0.39, 0.29) is 12.3 Å².